The van der Waals surface area contributed by atoms with Crippen LogP contribution in [0, 0.1) is 0 Å². The maximum Gasteiger partial charge on any atom is 0.326 e. The van der Waals surface area contributed by atoms with Crippen LogP contribution in [0.3, 0.4) is 0 Å². The van der Waals surface area contributed by atoms with Crippen molar-refractivity contribution in [3.05, 3.63) is 70.9 Å². The molecule has 1 aliphatic heterocycles. The fourth-order valence-corrected chi connectivity index (χ4v) is 5.08. The minimum atomic E-state index is -1.45. The van der Waals surface area contributed by atoms with Crippen LogP contribution in [0.4, 0.5) is 15.3 Å². The molecular weight excluding hydrogens is 656 g/mol. The second-order valence-corrected chi connectivity index (χ2v) is 11.1. The number of hydrogen-bond donors (Lipinski definition) is 7. The second-order valence-electron chi connectivity index (χ2n) is 11.1. The predicted molar refractivity (Wildman–Crippen MR) is 178 cm³/mol. The van der Waals surface area contributed by atoms with Crippen LogP contribution in [-0.4, -0.2) is 70.4 Å². The molecule has 16 nitrogen and oxygen atoms in total. The van der Waals surface area contributed by atoms with Crippen LogP contribution in [0.15, 0.2) is 69.9 Å². The molecule has 0 radical (unpaired) electrons. The summed E-state index contributed by atoms with van der Waals surface area (Å²) in [5, 5.41) is 38.5. The molecule has 0 saturated heterocycles. The van der Waals surface area contributed by atoms with E-state index >= 15 is 0 Å². The molecule has 0 bridgehead atoms. The van der Waals surface area contributed by atoms with Crippen molar-refractivity contribution < 1.29 is 53.2 Å². The molecule has 1 aliphatic carbocycles. The molecule has 0 unspecified atom stereocenters. The number of anilines is 1. The standard InChI is InChI=1S/C34H34N4O12/c39-18-49-29(13-14-30(43)44)38-34(48)37-26(32(45)46)12-9-21(40)2-1-15-35-33(47)36-20-5-3-19(4-6-20)31-24-10-7-22(41)16-27(24)50-28-17-23(42)8-11-25(28)31/h3-8,10-11,16-18,26,29,41H,1-2,9,12-15H2,(H,43,44)(H,45,46)(H2,35,36,47)(H2,37,38,48)/t26-,29+/m0/s1. The smallest absolute Gasteiger partial charge is 0.326 e. The third-order valence-corrected chi connectivity index (χ3v) is 7.47. The Kier molecular flexibility index (Phi) is 12.4. The molecule has 2 aromatic carbocycles. The topological polar surface area (TPSA) is 251 Å². The molecule has 2 aromatic rings. The number of phenols is 1. The molecule has 0 spiro atoms. The summed E-state index contributed by atoms with van der Waals surface area (Å²) < 4.78 is 10.5. The molecule has 16 heteroatoms. The first-order valence-electron chi connectivity index (χ1n) is 15.4. The molecule has 0 saturated carbocycles. The van der Waals surface area contributed by atoms with Gasteiger partial charge in [0.05, 0.1) is 6.42 Å². The fourth-order valence-electron chi connectivity index (χ4n) is 5.08. The van der Waals surface area contributed by atoms with Gasteiger partial charge in [-0.1, -0.05) is 12.1 Å². The van der Waals surface area contributed by atoms with Crippen LogP contribution in [0.25, 0.3) is 33.4 Å². The molecule has 4 rings (SSSR count). The van der Waals surface area contributed by atoms with E-state index in [1.54, 1.807) is 36.4 Å². The lowest BCUT2D eigenvalue weighted by atomic mass is 9.93. The maximum absolute atomic E-state index is 12.5. The van der Waals surface area contributed by atoms with Gasteiger partial charge in [-0.05, 0) is 54.8 Å². The molecule has 262 valence electrons. The lowest BCUT2D eigenvalue weighted by Gasteiger charge is -2.19. The Hall–Kier alpha value is -6.45. The molecule has 7 N–H and O–H groups in total. The van der Waals surface area contributed by atoms with E-state index in [2.05, 4.69) is 26.0 Å². The van der Waals surface area contributed by atoms with Gasteiger partial charge in [0.2, 0.25) is 0 Å². The van der Waals surface area contributed by atoms with Crippen molar-refractivity contribution in [2.45, 2.75) is 50.8 Å². The number of ketones is 1. The number of Topliss-reactive ketones (excluding diaryl/α,β-unsaturated/α-hetero) is 1. The summed E-state index contributed by atoms with van der Waals surface area (Å²) >= 11 is 0. The highest BCUT2D eigenvalue weighted by molar-refractivity contribution is 6.02. The summed E-state index contributed by atoms with van der Waals surface area (Å²) in [6.45, 7) is 0.163. The summed E-state index contributed by atoms with van der Waals surface area (Å²) in [4.78, 5) is 81.8. The highest BCUT2D eigenvalue weighted by Gasteiger charge is 2.23. The molecule has 2 atom stereocenters. The molecule has 1 heterocycles. The predicted octanol–water partition coefficient (Wildman–Crippen LogP) is 3.64. The van der Waals surface area contributed by atoms with E-state index in [0.717, 1.165) is 11.1 Å². The summed E-state index contributed by atoms with van der Waals surface area (Å²) in [6.07, 6.45) is -2.05. The molecule has 50 heavy (non-hydrogen) atoms. The van der Waals surface area contributed by atoms with Crippen molar-refractivity contribution in [3.8, 4) is 28.2 Å². The number of benzene rings is 3. The van der Waals surface area contributed by atoms with Gasteiger partial charge >= 0.3 is 24.0 Å². The van der Waals surface area contributed by atoms with Gasteiger partial charge in [0.15, 0.2) is 11.7 Å². The fraction of sp³-hybridized carbons (Fsp3) is 0.265. The van der Waals surface area contributed by atoms with Crippen LogP contribution >= 0.6 is 0 Å². The average molecular weight is 691 g/mol. The van der Waals surface area contributed by atoms with Crippen LogP contribution in [0.5, 0.6) is 5.75 Å². The van der Waals surface area contributed by atoms with Crippen molar-refractivity contribution >= 4 is 52.9 Å². The Labute approximate surface area is 283 Å². The molecule has 0 fully saturated rings. The van der Waals surface area contributed by atoms with E-state index < -0.39 is 42.7 Å². The molecule has 2 aliphatic rings. The number of carboxylic acid groups (broad SMARTS) is 2. The van der Waals surface area contributed by atoms with Gasteiger partial charge in [0, 0.05) is 60.1 Å². The maximum atomic E-state index is 12.5. The molecule has 4 amide bonds. The number of urea groups is 2. The number of carbonyl (C=O) groups is 6. The number of nitrogens with one attached hydrogen (secondary N) is 4. The van der Waals surface area contributed by atoms with Gasteiger partial charge in [0.25, 0.3) is 6.47 Å². The quantitative estimate of drug-likeness (QED) is 0.0363. The Morgan fingerprint density at radius 1 is 0.860 bits per heavy atom. The van der Waals surface area contributed by atoms with Crippen LogP contribution < -0.4 is 26.7 Å². The third kappa shape index (κ3) is 10.3. The number of hydrogen-bond acceptors (Lipinski definition) is 10. The Balaban J connectivity index is 1.23. The van der Waals surface area contributed by atoms with Crippen LogP contribution in [0.2, 0.25) is 0 Å². The van der Waals surface area contributed by atoms with E-state index in [-0.39, 0.29) is 62.1 Å². The van der Waals surface area contributed by atoms with E-state index in [0.29, 0.717) is 28.0 Å². The summed E-state index contributed by atoms with van der Waals surface area (Å²) in [7, 11) is 0. The Morgan fingerprint density at radius 3 is 2.32 bits per heavy atom. The summed E-state index contributed by atoms with van der Waals surface area (Å²) in [6, 6.07) is 13.2. The third-order valence-electron chi connectivity index (χ3n) is 7.47. The number of carbonyl (C=O) groups excluding carboxylic acids is 4. The number of ether oxygens (including phenoxy) is 1. The van der Waals surface area contributed by atoms with Gasteiger partial charge in [0.1, 0.15) is 28.9 Å². The zero-order chi connectivity index (χ0) is 36.2. The highest BCUT2D eigenvalue weighted by atomic mass is 16.5. The zero-order valence-corrected chi connectivity index (χ0v) is 26.5. The minimum absolute atomic E-state index is 0.0110. The lowest BCUT2D eigenvalue weighted by Crippen LogP contribution is -2.49. The number of amides is 4. The highest BCUT2D eigenvalue weighted by Crippen LogP contribution is 2.40. The number of aromatic hydroxyl groups is 1. The number of rotatable bonds is 17. The van der Waals surface area contributed by atoms with E-state index in [1.165, 1.54) is 24.3 Å². The molecular formula is C34H34N4O12. The van der Waals surface area contributed by atoms with Gasteiger partial charge in [-0.25, -0.2) is 14.4 Å². The number of fused-ring (bicyclic) bond motifs is 2. The van der Waals surface area contributed by atoms with Gasteiger partial charge in [-0.15, -0.1) is 0 Å². The summed E-state index contributed by atoms with van der Waals surface area (Å²) in [5.74, 6) is -2.52. The van der Waals surface area contributed by atoms with Gasteiger partial charge < -0.3 is 45.7 Å². The first kappa shape index (κ1) is 36.4. The number of phenolic OH excluding ortho intramolecular Hbond substituents is 1. The largest absolute Gasteiger partial charge is 0.508 e. The zero-order valence-electron chi connectivity index (χ0n) is 26.5. The van der Waals surface area contributed by atoms with E-state index in [1.807, 2.05) is 0 Å². The van der Waals surface area contributed by atoms with Gasteiger partial charge in [-0.2, -0.15) is 0 Å². The molecule has 0 aromatic heterocycles. The van der Waals surface area contributed by atoms with Crippen molar-refractivity contribution in [2.75, 3.05) is 11.9 Å². The van der Waals surface area contributed by atoms with Crippen molar-refractivity contribution in [2.24, 2.45) is 0 Å². The van der Waals surface area contributed by atoms with Crippen molar-refractivity contribution in [1.29, 1.82) is 0 Å². The first-order valence-corrected chi connectivity index (χ1v) is 15.4. The first-order chi connectivity index (χ1) is 23.9. The monoisotopic (exact) mass is 690 g/mol. The van der Waals surface area contributed by atoms with Crippen LogP contribution in [-0.2, 0) is 23.9 Å². The van der Waals surface area contributed by atoms with Crippen LogP contribution in [0.1, 0.15) is 38.5 Å². The van der Waals surface area contributed by atoms with E-state index in [4.69, 9.17) is 9.52 Å². The van der Waals surface area contributed by atoms with Crippen molar-refractivity contribution in [3.63, 3.8) is 0 Å². The summed E-state index contributed by atoms with van der Waals surface area (Å²) in [5.41, 5.74) is 2.91. The number of aliphatic carboxylic acids is 2. The Bertz CT molecular complexity index is 1910. The lowest BCUT2D eigenvalue weighted by molar-refractivity contribution is -0.141. The average Bonchev–Trinajstić information content (AvgIpc) is 3.06. The normalized spacial score (nSPS) is 12.0. The second kappa shape index (κ2) is 17.1. The van der Waals surface area contributed by atoms with Crippen molar-refractivity contribution in [1.82, 2.24) is 16.0 Å². The van der Waals surface area contributed by atoms with Gasteiger partial charge in [-0.3, -0.25) is 19.2 Å². The number of carboxylic acids is 2. The Morgan fingerprint density at radius 2 is 1.62 bits per heavy atom. The van der Waals surface area contributed by atoms with E-state index in [9.17, 15) is 43.8 Å². The SMILES string of the molecule is O=CO[C@H](CCC(=O)O)NC(=O)N[C@@H](CCC(=O)CCCNC(=O)Nc1ccc(-c2c3ccc(=O)cc-3oc3cc(O)ccc23)cc1)C(=O)O. The minimum Gasteiger partial charge on any atom is -0.508 e.